The molecule has 1 aliphatic carbocycles. The standard InChI is InChI=1S/C16H22BrFN2/c1-11-9-13(17)10-14(15(11)18)16(12-3-2-4-12)20-7-5-19-6-8-20/h9-10,12,16,19H,2-8H2,1H3/t16-/m0/s1. The fourth-order valence-electron chi connectivity index (χ4n) is 3.43. The molecular weight excluding hydrogens is 319 g/mol. The highest BCUT2D eigenvalue weighted by molar-refractivity contribution is 9.10. The molecule has 20 heavy (non-hydrogen) atoms. The molecular formula is C16H22BrFN2. The Labute approximate surface area is 128 Å². The number of hydrogen-bond donors (Lipinski definition) is 1. The van der Waals surface area contributed by atoms with Crippen LogP contribution in [0.5, 0.6) is 0 Å². The highest BCUT2D eigenvalue weighted by Gasteiger charge is 2.35. The number of hydrogen-bond acceptors (Lipinski definition) is 2. The van der Waals surface area contributed by atoms with Gasteiger partial charge in [0.15, 0.2) is 0 Å². The van der Waals surface area contributed by atoms with E-state index in [1.165, 1.54) is 19.3 Å². The Hall–Kier alpha value is -0.450. The monoisotopic (exact) mass is 340 g/mol. The zero-order valence-corrected chi connectivity index (χ0v) is 13.5. The molecule has 0 bridgehead atoms. The minimum Gasteiger partial charge on any atom is -0.314 e. The number of halogens is 2. The van der Waals surface area contributed by atoms with Gasteiger partial charge in [-0.3, -0.25) is 4.90 Å². The molecule has 1 aliphatic heterocycles. The van der Waals surface area contributed by atoms with Gasteiger partial charge in [0.2, 0.25) is 0 Å². The Bertz CT molecular complexity index is 482. The number of rotatable bonds is 3. The molecule has 4 heteroatoms. The van der Waals surface area contributed by atoms with Gasteiger partial charge < -0.3 is 5.32 Å². The highest BCUT2D eigenvalue weighted by atomic mass is 79.9. The molecule has 1 atom stereocenters. The van der Waals surface area contributed by atoms with Gasteiger partial charge in [0, 0.05) is 42.3 Å². The van der Waals surface area contributed by atoms with Gasteiger partial charge in [-0.25, -0.2) is 4.39 Å². The Morgan fingerprint density at radius 1 is 1.30 bits per heavy atom. The van der Waals surface area contributed by atoms with E-state index < -0.39 is 0 Å². The van der Waals surface area contributed by atoms with Crippen molar-refractivity contribution in [3.8, 4) is 0 Å². The van der Waals surface area contributed by atoms with Crippen LogP contribution >= 0.6 is 15.9 Å². The van der Waals surface area contributed by atoms with Crippen molar-refractivity contribution >= 4 is 15.9 Å². The topological polar surface area (TPSA) is 15.3 Å². The molecule has 1 heterocycles. The fraction of sp³-hybridized carbons (Fsp3) is 0.625. The molecule has 2 nitrogen and oxygen atoms in total. The molecule has 2 fully saturated rings. The van der Waals surface area contributed by atoms with Crippen LogP contribution < -0.4 is 5.32 Å². The van der Waals surface area contributed by atoms with E-state index in [2.05, 4.69) is 26.1 Å². The summed E-state index contributed by atoms with van der Waals surface area (Å²) in [6, 6.07) is 4.11. The lowest BCUT2D eigenvalue weighted by Crippen LogP contribution is -2.48. The molecule has 110 valence electrons. The van der Waals surface area contributed by atoms with Gasteiger partial charge in [-0.1, -0.05) is 22.4 Å². The molecule has 3 rings (SSSR count). The van der Waals surface area contributed by atoms with Gasteiger partial charge in [-0.05, 0) is 43.4 Å². The Morgan fingerprint density at radius 2 is 2.00 bits per heavy atom. The van der Waals surface area contributed by atoms with Crippen LogP contribution in [0, 0.1) is 18.7 Å². The van der Waals surface area contributed by atoms with Crippen molar-refractivity contribution in [1.29, 1.82) is 0 Å². The van der Waals surface area contributed by atoms with Crippen LogP contribution in [0.4, 0.5) is 4.39 Å². The third-order valence-electron chi connectivity index (χ3n) is 4.71. The van der Waals surface area contributed by atoms with E-state index in [1.54, 1.807) is 0 Å². The summed E-state index contributed by atoms with van der Waals surface area (Å²) < 4.78 is 15.6. The second-order valence-corrected chi connectivity index (χ2v) is 6.96. The van der Waals surface area contributed by atoms with Gasteiger partial charge in [-0.2, -0.15) is 0 Å². The molecule has 1 saturated carbocycles. The lowest BCUT2D eigenvalue weighted by Gasteiger charge is -2.43. The first-order valence-electron chi connectivity index (χ1n) is 7.57. The van der Waals surface area contributed by atoms with Crippen molar-refractivity contribution < 1.29 is 4.39 Å². The quantitative estimate of drug-likeness (QED) is 0.903. The normalized spacial score (nSPS) is 22.6. The average molecular weight is 341 g/mol. The predicted octanol–water partition coefficient (Wildman–Crippen LogP) is 3.64. The van der Waals surface area contributed by atoms with E-state index >= 15 is 0 Å². The van der Waals surface area contributed by atoms with Crippen molar-refractivity contribution in [2.75, 3.05) is 26.2 Å². The Morgan fingerprint density at radius 3 is 2.60 bits per heavy atom. The number of nitrogens with one attached hydrogen (secondary N) is 1. The summed E-state index contributed by atoms with van der Waals surface area (Å²) in [5.41, 5.74) is 1.64. The van der Waals surface area contributed by atoms with Gasteiger partial charge in [0.05, 0.1) is 0 Å². The molecule has 1 aromatic rings. The second-order valence-electron chi connectivity index (χ2n) is 6.05. The fourth-order valence-corrected chi connectivity index (χ4v) is 4.02. The lowest BCUT2D eigenvalue weighted by molar-refractivity contribution is 0.0811. The van der Waals surface area contributed by atoms with Crippen LogP contribution in [0.25, 0.3) is 0 Å². The van der Waals surface area contributed by atoms with E-state index in [0.717, 1.165) is 41.8 Å². The maximum absolute atomic E-state index is 14.6. The molecule has 1 aromatic carbocycles. The van der Waals surface area contributed by atoms with E-state index in [1.807, 2.05) is 19.1 Å². The van der Waals surface area contributed by atoms with Gasteiger partial charge >= 0.3 is 0 Å². The molecule has 0 radical (unpaired) electrons. The lowest BCUT2D eigenvalue weighted by atomic mass is 9.76. The predicted molar refractivity (Wildman–Crippen MR) is 83.4 cm³/mol. The Kier molecular flexibility index (Phi) is 4.43. The Balaban J connectivity index is 1.96. The van der Waals surface area contributed by atoms with Crippen LogP contribution in [0.15, 0.2) is 16.6 Å². The number of nitrogens with zero attached hydrogens (tertiary/aromatic N) is 1. The number of benzene rings is 1. The van der Waals surface area contributed by atoms with Gasteiger partial charge in [0.25, 0.3) is 0 Å². The maximum atomic E-state index is 14.6. The van der Waals surface area contributed by atoms with Crippen molar-refractivity contribution in [1.82, 2.24) is 10.2 Å². The van der Waals surface area contributed by atoms with E-state index in [4.69, 9.17) is 0 Å². The largest absolute Gasteiger partial charge is 0.314 e. The maximum Gasteiger partial charge on any atom is 0.130 e. The average Bonchev–Trinajstić information content (AvgIpc) is 2.39. The highest BCUT2D eigenvalue weighted by Crippen LogP contribution is 2.43. The van der Waals surface area contributed by atoms with Crippen LogP contribution in [0.2, 0.25) is 0 Å². The zero-order valence-electron chi connectivity index (χ0n) is 12.0. The number of aryl methyl sites for hydroxylation is 1. The minimum atomic E-state index is -0.0105. The molecule has 0 amide bonds. The van der Waals surface area contributed by atoms with Crippen LogP contribution in [0.1, 0.15) is 36.4 Å². The van der Waals surface area contributed by atoms with Crippen LogP contribution in [-0.2, 0) is 0 Å². The van der Waals surface area contributed by atoms with Crippen molar-refractivity contribution in [3.05, 3.63) is 33.5 Å². The third-order valence-corrected chi connectivity index (χ3v) is 5.17. The smallest absolute Gasteiger partial charge is 0.130 e. The first-order chi connectivity index (χ1) is 9.66. The first-order valence-corrected chi connectivity index (χ1v) is 8.36. The number of piperazine rings is 1. The van der Waals surface area contributed by atoms with Crippen LogP contribution in [0.3, 0.4) is 0 Å². The van der Waals surface area contributed by atoms with E-state index in [-0.39, 0.29) is 11.9 Å². The molecule has 0 spiro atoms. The van der Waals surface area contributed by atoms with Crippen LogP contribution in [-0.4, -0.2) is 31.1 Å². The summed E-state index contributed by atoms with van der Waals surface area (Å²) in [6.45, 7) is 5.92. The molecule has 1 N–H and O–H groups in total. The molecule has 1 saturated heterocycles. The SMILES string of the molecule is Cc1cc(Br)cc([C@H](C2CCC2)N2CCNCC2)c1F. The molecule has 0 unspecified atom stereocenters. The molecule has 2 aliphatic rings. The summed E-state index contributed by atoms with van der Waals surface area (Å²) in [4.78, 5) is 2.48. The molecule has 0 aromatic heterocycles. The van der Waals surface area contributed by atoms with Crippen molar-refractivity contribution in [3.63, 3.8) is 0 Å². The summed E-state index contributed by atoms with van der Waals surface area (Å²) in [5, 5.41) is 3.39. The summed E-state index contributed by atoms with van der Waals surface area (Å²) >= 11 is 3.53. The first kappa shape index (κ1) is 14.5. The second kappa shape index (κ2) is 6.12. The third kappa shape index (κ3) is 2.78. The summed E-state index contributed by atoms with van der Waals surface area (Å²) in [5.74, 6) is 0.611. The van der Waals surface area contributed by atoms with Crippen molar-refractivity contribution in [2.45, 2.75) is 32.2 Å². The van der Waals surface area contributed by atoms with Gasteiger partial charge in [0.1, 0.15) is 5.82 Å². The van der Waals surface area contributed by atoms with E-state index in [0.29, 0.717) is 5.92 Å². The van der Waals surface area contributed by atoms with Crippen molar-refractivity contribution in [2.24, 2.45) is 5.92 Å². The van der Waals surface area contributed by atoms with E-state index in [9.17, 15) is 4.39 Å². The summed E-state index contributed by atoms with van der Waals surface area (Å²) in [7, 11) is 0. The van der Waals surface area contributed by atoms with Gasteiger partial charge in [-0.15, -0.1) is 0 Å². The summed E-state index contributed by atoms with van der Waals surface area (Å²) in [6.07, 6.45) is 3.76. The minimum absolute atomic E-state index is 0.0105. The zero-order chi connectivity index (χ0) is 14.1.